The van der Waals surface area contributed by atoms with Crippen molar-refractivity contribution in [3.63, 3.8) is 0 Å². The Morgan fingerprint density at radius 2 is 2.00 bits per heavy atom. The molecule has 2 aromatic rings. The lowest BCUT2D eigenvalue weighted by atomic mass is 10.2. The van der Waals surface area contributed by atoms with Crippen molar-refractivity contribution in [1.82, 2.24) is 9.88 Å². The fraction of sp³-hybridized carbons (Fsp3) is 0.250. The smallest absolute Gasteiger partial charge is 0.321 e. The van der Waals surface area contributed by atoms with Gasteiger partial charge in [0.25, 0.3) is 0 Å². The Bertz CT molecular complexity index is 589. The molecule has 0 saturated heterocycles. The van der Waals surface area contributed by atoms with Crippen molar-refractivity contribution in [3.8, 4) is 0 Å². The molecule has 0 unspecified atom stereocenters. The average Bonchev–Trinajstić information content (AvgIpc) is 2.51. The number of urea groups is 1. The van der Waals surface area contributed by atoms with E-state index in [0.29, 0.717) is 13.1 Å². The van der Waals surface area contributed by atoms with E-state index in [2.05, 4.69) is 26.2 Å². The Morgan fingerprint density at radius 3 is 2.67 bits per heavy atom. The van der Waals surface area contributed by atoms with Gasteiger partial charge in [-0.05, 0) is 47.1 Å². The van der Waals surface area contributed by atoms with Gasteiger partial charge in [0.1, 0.15) is 0 Å². The third-order valence-electron chi connectivity index (χ3n) is 3.15. The first-order valence-corrected chi connectivity index (χ1v) is 7.70. The quantitative estimate of drug-likeness (QED) is 0.890. The number of hydrogen-bond acceptors (Lipinski definition) is 2. The molecule has 1 heterocycles. The maximum atomic E-state index is 12.3. The molecule has 0 saturated carbocycles. The van der Waals surface area contributed by atoms with Crippen molar-refractivity contribution in [2.24, 2.45) is 0 Å². The third-order valence-corrected chi connectivity index (χ3v) is 3.84. The highest BCUT2D eigenvalue weighted by atomic mass is 79.9. The summed E-state index contributed by atoms with van der Waals surface area (Å²) in [6.07, 6.45) is 2.52. The minimum atomic E-state index is -0.0969. The molecule has 21 heavy (non-hydrogen) atoms. The van der Waals surface area contributed by atoms with Crippen molar-refractivity contribution < 1.29 is 4.79 Å². The highest BCUT2D eigenvalue weighted by Crippen LogP contribution is 2.21. The van der Waals surface area contributed by atoms with Crippen LogP contribution in [0.5, 0.6) is 0 Å². The van der Waals surface area contributed by atoms with Crippen LogP contribution in [0.1, 0.15) is 12.6 Å². The Kier molecular flexibility index (Phi) is 5.75. The van der Waals surface area contributed by atoms with Crippen LogP contribution < -0.4 is 5.32 Å². The number of aromatic nitrogens is 1. The lowest BCUT2D eigenvalue weighted by molar-refractivity contribution is 0.215. The largest absolute Gasteiger partial charge is 0.324 e. The molecule has 4 nitrogen and oxygen atoms in total. The molecule has 1 aromatic heterocycles. The number of benzene rings is 1. The number of nitrogens with one attached hydrogen (secondary N) is 1. The summed E-state index contributed by atoms with van der Waals surface area (Å²) in [4.78, 5) is 18.3. The van der Waals surface area contributed by atoms with Crippen molar-refractivity contribution >= 4 is 27.6 Å². The number of halogens is 1. The second-order valence-electron chi connectivity index (χ2n) is 4.56. The van der Waals surface area contributed by atoms with E-state index in [1.807, 2.05) is 49.4 Å². The molecule has 1 aromatic carbocycles. The number of para-hydroxylation sites is 1. The van der Waals surface area contributed by atoms with Gasteiger partial charge in [-0.15, -0.1) is 0 Å². The lowest BCUT2D eigenvalue weighted by Gasteiger charge is -2.21. The maximum Gasteiger partial charge on any atom is 0.321 e. The molecule has 0 fully saturated rings. The highest BCUT2D eigenvalue weighted by Gasteiger charge is 2.12. The number of carbonyl (C=O) groups excluding carboxylic acids is 1. The van der Waals surface area contributed by atoms with Crippen LogP contribution in [0.25, 0.3) is 0 Å². The van der Waals surface area contributed by atoms with Gasteiger partial charge in [0.15, 0.2) is 0 Å². The first-order chi connectivity index (χ1) is 10.2. The Morgan fingerprint density at radius 1 is 1.24 bits per heavy atom. The normalized spacial score (nSPS) is 10.2. The summed E-state index contributed by atoms with van der Waals surface area (Å²) in [6, 6.07) is 13.3. The Labute approximate surface area is 133 Å². The van der Waals surface area contributed by atoms with Gasteiger partial charge < -0.3 is 10.2 Å². The zero-order chi connectivity index (χ0) is 15.1. The maximum absolute atomic E-state index is 12.3. The minimum Gasteiger partial charge on any atom is -0.324 e. The van der Waals surface area contributed by atoms with Crippen LogP contribution >= 0.6 is 15.9 Å². The van der Waals surface area contributed by atoms with E-state index in [4.69, 9.17) is 0 Å². The second-order valence-corrected chi connectivity index (χ2v) is 5.42. The first-order valence-electron chi connectivity index (χ1n) is 6.91. The summed E-state index contributed by atoms with van der Waals surface area (Å²) in [5.41, 5.74) is 1.77. The van der Waals surface area contributed by atoms with Crippen molar-refractivity contribution in [3.05, 3.63) is 58.8 Å². The summed E-state index contributed by atoms with van der Waals surface area (Å²) in [5, 5.41) is 2.92. The Hall–Kier alpha value is -1.88. The summed E-state index contributed by atoms with van der Waals surface area (Å²) < 4.78 is 0.874. The molecular formula is C16H18BrN3O. The second kappa shape index (κ2) is 7.78. The standard InChI is InChI=1S/C16H18BrN3O/c1-2-20(12-10-13-7-5-6-11-18-13)16(21)19-15-9-4-3-8-14(15)17/h3-9,11H,2,10,12H2,1H3,(H,19,21). The molecule has 1 N–H and O–H groups in total. The SMILES string of the molecule is CCN(CCc1ccccn1)C(=O)Nc1ccccc1Br. The van der Waals surface area contributed by atoms with Gasteiger partial charge in [0.05, 0.1) is 5.69 Å². The number of pyridine rings is 1. The first kappa shape index (κ1) is 15.5. The number of rotatable bonds is 5. The van der Waals surface area contributed by atoms with E-state index in [0.717, 1.165) is 22.3 Å². The van der Waals surface area contributed by atoms with E-state index >= 15 is 0 Å². The van der Waals surface area contributed by atoms with Crippen LogP contribution in [0.3, 0.4) is 0 Å². The van der Waals surface area contributed by atoms with Gasteiger partial charge in [-0.25, -0.2) is 4.79 Å². The van der Waals surface area contributed by atoms with E-state index in [1.165, 1.54) is 0 Å². The predicted octanol–water partition coefficient (Wildman–Crippen LogP) is 3.94. The summed E-state index contributed by atoms with van der Waals surface area (Å²) in [6.45, 7) is 3.27. The van der Waals surface area contributed by atoms with E-state index in [-0.39, 0.29) is 6.03 Å². The number of carbonyl (C=O) groups is 1. The molecule has 2 rings (SSSR count). The molecule has 110 valence electrons. The number of anilines is 1. The van der Waals surface area contributed by atoms with Crippen molar-refractivity contribution in [2.45, 2.75) is 13.3 Å². The molecule has 0 spiro atoms. The molecule has 0 aliphatic rings. The number of likely N-dealkylation sites (N-methyl/N-ethyl adjacent to an activating group) is 1. The van der Waals surface area contributed by atoms with Crippen molar-refractivity contribution in [1.29, 1.82) is 0 Å². The van der Waals surface area contributed by atoms with Gasteiger partial charge in [-0.3, -0.25) is 4.98 Å². The zero-order valence-electron chi connectivity index (χ0n) is 11.9. The number of nitrogens with zero attached hydrogens (tertiary/aromatic N) is 2. The zero-order valence-corrected chi connectivity index (χ0v) is 13.5. The lowest BCUT2D eigenvalue weighted by Crippen LogP contribution is -2.36. The van der Waals surface area contributed by atoms with Crippen LogP contribution in [0.15, 0.2) is 53.1 Å². The fourth-order valence-corrected chi connectivity index (χ4v) is 2.34. The van der Waals surface area contributed by atoms with Crippen LogP contribution in [0, 0.1) is 0 Å². The van der Waals surface area contributed by atoms with Gasteiger partial charge >= 0.3 is 6.03 Å². The van der Waals surface area contributed by atoms with Gasteiger partial charge in [0, 0.05) is 35.9 Å². The van der Waals surface area contributed by atoms with Gasteiger partial charge in [-0.2, -0.15) is 0 Å². The van der Waals surface area contributed by atoms with Crippen LogP contribution in [0.4, 0.5) is 10.5 Å². The summed E-state index contributed by atoms with van der Waals surface area (Å²) in [7, 11) is 0. The van der Waals surface area contributed by atoms with Crippen LogP contribution in [0.2, 0.25) is 0 Å². The average molecular weight is 348 g/mol. The van der Waals surface area contributed by atoms with Crippen LogP contribution in [-0.2, 0) is 6.42 Å². The molecule has 0 aliphatic carbocycles. The fourth-order valence-electron chi connectivity index (χ4n) is 1.96. The highest BCUT2D eigenvalue weighted by molar-refractivity contribution is 9.10. The molecule has 0 aliphatic heterocycles. The third kappa shape index (κ3) is 4.56. The monoisotopic (exact) mass is 347 g/mol. The summed E-state index contributed by atoms with van der Waals surface area (Å²) >= 11 is 3.43. The number of hydrogen-bond donors (Lipinski definition) is 1. The Balaban J connectivity index is 1.94. The molecule has 0 bridgehead atoms. The minimum absolute atomic E-state index is 0.0969. The molecule has 2 amide bonds. The topological polar surface area (TPSA) is 45.2 Å². The van der Waals surface area contributed by atoms with E-state index in [1.54, 1.807) is 11.1 Å². The summed E-state index contributed by atoms with van der Waals surface area (Å²) in [5.74, 6) is 0. The van der Waals surface area contributed by atoms with Crippen molar-refractivity contribution in [2.75, 3.05) is 18.4 Å². The van der Waals surface area contributed by atoms with Gasteiger partial charge in [0.2, 0.25) is 0 Å². The van der Waals surface area contributed by atoms with Gasteiger partial charge in [-0.1, -0.05) is 18.2 Å². The van der Waals surface area contributed by atoms with E-state index in [9.17, 15) is 4.79 Å². The number of amides is 2. The molecular weight excluding hydrogens is 330 g/mol. The molecule has 5 heteroatoms. The molecule has 0 radical (unpaired) electrons. The van der Waals surface area contributed by atoms with Crippen LogP contribution in [-0.4, -0.2) is 29.0 Å². The van der Waals surface area contributed by atoms with E-state index < -0.39 is 0 Å². The molecule has 0 atom stereocenters. The predicted molar refractivity (Wildman–Crippen MR) is 88.3 cm³/mol.